The zero-order chi connectivity index (χ0) is 42.8. The summed E-state index contributed by atoms with van der Waals surface area (Å²) in [6.07, 6.45) is 3.72. The molecule has 1 aromatic heterocycles. The molecule has 0 saturated carbocycles. The Bertz CT molecular complexity index is 3010. The van der Waals surface area contributed by atoms with Crippen molar-refractivity contribution in [1.82, 2.24) is 15.0 Å². The second-order valence-electron chi connectivity index (χ2n) is 13.3. The molecule has 0 unspecified atom stereocenters. The van der Waals surface area contributed by atoms with Crippen LogP contribution < -0.4 is 32.4 Å². The number of para-hydroxylation sites is 1. The second-order valence-corrected chi connectivity index (χ2v) is 14.7. The lowest BCUT2D eigenvalue weighted by molar-refractivity contribution is -0.134. The number of aliphatic carboxylic acids is 1. The molecule has 0 amide bonds. The van der Waals surface area contributed by atoms with Crippen LogP contribution in [0.3, 0.4) is 0 Å². The molecule has 0 radical (unpaired) electrons. The van der Waals surface area contributed by atoms with Crippen LogP contribution in [0.25, 0.3) is 0 Å². The maximum Gasteiger partial charge on any atom is 0.339 e. The Morgan fingerprint density at radius 3 is 1.62 bits per heavy atom. The first-order valence-electron chi connectivity index (χ1n) is 18.0. The smallest absolute Gasteiger partial charge is 0.339 e. The first-order valence-corrected chi connectivity index (χ1v) is 19.5. The van der Waals surface area contributed by atoms with Crippen LogP contribution in [0.5, 0.6) is 0 Å². The van der Waals surface area contributed by atoms with E-state index >= 15 is 0 Å². The summed E-state index contributed by atoms with van der Waals surface area (Å²) in [5.74, 6) is -2.66. The van der Waals surface area contributed by atoms with Gasteiger partial charge in [0.2, 0.25) is 17.8 Å². The number of nitrogen functional groups attached to an aromatic ring is 1. The molecule has 2 aliphatic carbocycles. The molecular formula is C42H30N10O8S. The number of hydrazone groups is 1. The number of nitrogens with one attached hydrogen (secondary N) is 5. The third-order valence-electron chi connectivity index (χ3n) is 9.21. The number of nitrogens with zero attached hydrogens (tertiary/aromatic N) is 4. The van der Waals surface area contributed by atoms with E-state index in [0.29, 0.717) is 28.4 Å². The van der Waals surface area contributed by atoms with Crippen molar-refractivity contribution < 1.29 is 37.3 Å². The number of ketones is 3. The molecule has 18 nitrogen and oxygen atoms in total. The number of carboxylic acid groups (broad SMARTS) is 1. The highest BCUT2D eigenvalue weighted by Crippen LogP contribution is 2.40. The largest absolute Gasteiger partial charge is 0.478 e. The van der Waals surface area contributed by atoms with Crippen molar-refractivity contribution >= 4 is 96.8 Å². The number of allylic oxidation sites excluding steroid dienone is 3. The molecule has 302 valence electrons. The molecule has 0 saturated heterocycles. The van der Waals surface area contributed by atoms with Crippen LogP contribution in [0.15, 0.2) is 143 Å². The molecule has 2 aliphatic rings. The van der Waals surface area contributed by atoms with Gasteiger partial charge in [0, 0.05) is 33.9 Å². The van der Waals surface area contributed by atoms with Crippen molar-refractivity contribution in [2.45, 2.75) is 4.90 Å². The second kappa shape index (κ2) is 16.0. The Balaban J connectivity index is 1.03. The number of rotatable bonds is 12. The quantitative estimate of drug-likeness (QED) is 0.0218. The molecule has 0 bridgehead atoms. The highest BCUT2D eigenvalue weighted by atomic mass is 32.2. The molecule has 6 aromatic rings. The third kappa shape index (κ3) is 8.39. The van der Waals surface area contributed by atoms with E-state index < -0.39 is 44.0 Å². The van der Waals surface area contributed by atoms with Crippen molar-refractivity contribution in [1.29, 1.82) is 0 Å². The topological polar surface area (TPSA) is 280 Å². The first kappa shape index (κ1) is 39.3. The zero-order valence-corrected chi connectivity index (χ0v) is 32.1. The van der Waals surface area contributed by atoms with Gasteiger partial charge in [-0.2, -0.15) is 28.5 Å². The summed E-state index contributed by atoms with van der Waals surface area (Å²) < 4.78 is 34.7. The standard InChI is InChI=1S/C42H30N10O8S/c43-36-33(61(58,59)60)21-31(34-35(36)38(55)29-9-5-4-8-28(29)37(34)54)44-23-10-12-24(13-11-23)46-41-48-40(45-22-6-2-1-3-7-22)49-42(50-41)47-25-14-16-26(17-15-25)51-52-27-18-19-32(53)30(20-27)39(56)57/h1-21,44,51H,43H2,(H,56,57)(H,58,59,60)(H3,45,46,47,48,49,50). The van der Waals surface area contributed by atoms with Gasteiger partial charge in [-0.15, -0.1) is 0 Å². The van der Waals surface area contributed by atoms with Gasteiger partial charge in [-0.25, -0.2) is 4.79 Å². The van der Waals surface area contributed by atoms with E-state index in [4.69, 9.17) is 5.73 Å². The van der Waals surface area contributed by atoms with Gasteiger partial charge in [-0.3, -0.25) is 24.4 Å². The average Bonchev–Trinajstić information content (AvgIpc) is 3.24. The Morgan fingerprint density at radius 2 is 1.10 bits per heavy atom. The number of hydrogen-bond donors (Lipinski definition) is 8. The van der Waals surface area contributed by atoms with Crippen LogP contribution in [0, 0.1) is 0 Å². The lowest BCUT2D eigenvalue weighted by Crippen LogP contribution is -2.25. The van der Waals surface area contributed by atoms with E-state index in [9.17, 15) is 37.3 Å². The third-order valence-corrected chi connectivity index (χ3v) is 10.1. The highest BCUT2D eigenvalue weighted by Gasteiger charge is 2.36. The summed E-state index contributed by atoms with van der Waals surface area (Å²) in [7, 11) is -4.90. The van der Waals surface area contributed by atoms with Gasteiger partial charge in [-0.1, -0.05) is 42.5 Å². The number of benzene rings is 5. The minimum Gasteiger partial charge on any atom is -0.478 e. The van der Waals surface area contributed by atoms with Crippen LogP contribution >= 0.6 is 0 Å². The number of aromatic nitrogens is 3. The van der Waals surface area contributed by atoms with Crippen LogP contribution in [-0.4, -0.2) is 62.1 Å². The number of carbonyl (C=O) groups is 4. The minimum absolute atomic E-state index is 0.0575. The summed E-state index contributed by atoms with van der Waals surface area (Å²) in [6.45, 7) is 0. The van der Waals surface area contributed by atoms with Crippen molar-refractivity contribution in [3.63, 3.8) is 0 Å². The van der Waals surface area contributed by atoms with Crippen LogP contribution in [-0.2, 0) is 19.7 Å². The zero-order valence-electron chi connectivity index (χ0n) is 31.2. The van der Waals surface area contributed by atoms with Crippen molar-refractivity contribution in [2.75, 3.05) is 32.4 Å². The molecular weight excluding hydrogens is 805 g/mol. The maximum atomic E-state index is 13.7. The predicted octanol–water partition coefficient (Wildman–Crippen LogP) is 6.37. The number of carbonyl (C=O) groups excluding carboxylic acids is 3. The van der Waals surface area contributed by atoms with Gasteiger partial charge in [0.15, 0.2) is 17.3 Å². The summed E-state index contributed by atoms with van der Waals surface area (Å²) in [5.41, 5.74) is 10.7. The summed E-state index contributed by atoms with van der Waals surface area (Å²) in [5, 5.41) is 25.8. The van der Waals surface area contributed by atoms with Gasteiger partial charge < -0.3 is 32.1 Å². The van der Waals surface area contributed by atoms with E-state index in [1.54, 1.807) is 60.7 Å². The maximum absolute atomic E-state index is 13.7. The van der Waals surface area contributed by atoms with Crippen molar-refractivity contribution in [2.24, 2.45) is 5.10 Å². The number of hydrogen-bond acceptors (Lipinski definition) is 16. The minimum atomic E-state index is -4.90. The summed E-state index contributed by atoms with van der Waals surface area (Å²) in [6, 6.07) is 29.8. The Morgan fingerprint density at radius 1 is 0.623 bits per heavy atom. The lowest BCUT2D eigenvalue weighted by atomic mass is 9.82. The van der Waals surface area contributed by atoms with E-state index in [1.165, 1.54) is 24.3 Å². The Kier molecular flexibility index (Phi) is 10.3. The van der Waals surface area contributed by atoms with Gasteiger partial charge in [-0.05, 0) is 85.0 Å². The van der Waals surface area contributed by atoms with Gasteiger partial charge in [0.1, 0.15) is 10.5 Å². The van der Waals surface area contributed by atoms with Crippen LogP contribution in [0.1, 0.15) is 31.8 Å². The van der Waals surface area contributed by atoms with Crippen molar-refractivity contribution in [3.05, 3.63) is 155 Å². The monoisotopic (exact) mass is 834 g/mol. The van der Waals surface area contributed by atoms with E-state index in [0.717, 1.165) is 12.1 Å². The fourth-order valence-electron chi connectivity index (χ4n) is 6.36. The van der Waals surface area contributed by atoms with E-state index in [-0.39, 0.29) is 57.1 Å². The highest BCUT2D eigenvalue weighted by molar-refractivity contribution is 7.86. The molecule has 0 spiro atoms. The SMILES string of the molecule is Nc1c(S(=O)(=O)O)cc(Nc2ccc(Nc3nc(Nc4ccccc4)nc(Nc4ccc(NN=C5C=CC(=O)C(C(=O)O)=C5)cc4)n3)cc2)c2c1C(=O)c1ccccc1C2=O. The summed E-state index contributed by atoms with van der Waals surface area (Å²) >= 11 is 0. The predicted molar refractivity (Wildman–Crippen MR) is 227 cm³/mol. The molecule has 1 heterocycles. The van der Waals surface area contributed by atoms with Gasteiger partial charge in [0.25, 0.3) is 10.1 Å². The molecule has 0 aliphatic heterocycles. The molecule has 19 heteroatoms. The number of fused-ring (bicyclic) bond motifs is 2. The molecule has 0 fully saturated rings. The molecule has 0 atom stereocenters. The van der Waals surface area contributed by atoms with Gasteiger partial charge in [0.05, 0.1) is 33.9 Å². The fourth-order valence-corrected chi connectivity index (χ4v) is 7.01. The molecule has 61 heavy (non-hydrogen) atoms. The molecule has 9 N–H and O–H groups in total. The Labute approximate surface area is 345 Å². The normalized spacial score (nSPS) is 13.8. The number of anilines is 10. The number of carboxylic acids is 1. The molecule has 5 aromatic carbocycles. The first-order chi connectivity index (χ1) is 29.3. The fraction of sp³-hybridized carbons (Fsp3) is 0. The van der Waals surface area contributed by atoms with Gasteiger partial charge >= 0.3 is 5.97 Å². The van der Waals surface area contributed by atoms with Crippen LogP contribution in [0.4, 0.5) is 57.7 Å². The average molecular weight is 835 g/mol. The summed E-state index contributed by atoms with van der Waals surface area (Å²) in [4.78, 5) is 63.2. The van der Waals surface area contributed by atoms with E-state index in [2.05, 4.69) is 46.7 Å². The molecule has 8 rings (SSSR count). The van der Waals surface area contributed by atoms with E-state index in [1.807, 2.05) is 30.3 Å². The lowest BCUT2D eigenvalue weighted by Gasteiger charge is -2.23. The van der Waals surface area contributed by atoms with Crippen LogP contribution in [0.2, 0.25) is 0 Å². The van der Waals surface area contributed by atoms with Crippen molar-refractivity contribution in [3.8, 4) is 0 Å². The number of nitrogens with two attached hydrogens (primary N) is 1. The Hall–Kier alpha value is -8.55.